The van der Waals surface area contributed by atoms with Gasteiger partial charge in [-0.05, 0) is 44.2 Å². The summed E-state index contributed by atoms with van der Waals surface area (Å²) in [5.74, 6) is 0.258. The maximum absolute atomic E-state index is 12.2. The second-order valence-corrected chi connectivity index (χ2v) is 8.06. The predicted octanol–water partition coefficient (Wildman–Crippen LogP) is 3.02. The van der Waals surface area contributed by atoms with Crippen LogP contribution < -0.4 is 4.90 Å². The number of likely N-dealkylation sites (tertiary alicyclic amines) is 1. The Kier molecular flexibility index (Phi) is 4.53. The van der Waals surface area contributed by atoms with Crippen LogP contribution in [-0.4, -0.2) is 66.5 Å². The van der Waals surface area contributed by atoms with Gasteiger partial charge in [0.15, 0.2) is 0 Å². The highest BCUT2D eigenvalue weighted by molar-refractivity contribution is 6.31. The van der Waals surface area contributed by atoms with Gasteiger partial charge in [-0.3, -0.25) is 14.7 Å². The number of benzene rings is 1. The number of amides is 1. The lowest BCUT2D eigenvalue weighted by molar-refractivity contribution is -0.129. The smallest absolute Gasteiger partial charge is 0.222 e. The maximum Gasteiger partial charge on any atom is 0.222 e. The molecule has 1 aromatic heterocycles. The van der Waals surface area contributed by atoms with Gasteiger partial charge in [0.1, 0.15) is 0 Å². The van der Waals surface area contributed by atoms with Crippen LogP contribution in [0.25, 0.3) is 10.9 Å². The summed E-state index contributed by atoms with van der Waals surface area (Å²) >= 11 is 6.25. The number of halogens is 1. The Morgan fingerprint density at radius 2 is 1.96 bits per heavy atom. The molecule has 4 rings (SSSR count). The summed E-state index contributed by atoms with van der Waals surface area (Å²) in [6, 6.07) is 7.96. The van der Waals surface area contributed by atoms with E-state index >= 15 is 0 Å². The number of rotatable bonds is 1. The van der Waals surface area contributed by atoms with Crippen LogP contribution in [0.5, 0.6) is 0 Å². The van der Waals surface area contributed by atoms with Crippen molar-refractivity contribution in [1.82, 2.24) is 14.8 Å². The van der Waals surface area contributed by atoms with Gasteiger partial charge < -0.3 is 9.80 Å². The second kappa shape index (κ2) is 6.71. The van der Waals surface area contributed by atoms with Crippen molar-refractivity contribution in [3.8, 4) is 0 Å². The summed E-state index contributed by atoms with van der Waals surface area (Å²) in [6.07, 6.45) is 4.41. The highest BCUT2D eigenvalue weighted by Gasteiger charge is 2.42. The van der Waals surface area contributed by atoms with Crippen LogP contribution in [0.1, 0.15) is 19.3 Å². The number of hydrogen-bond donors (Lipinski definition) is 0. The molecule has 2 aromatic rings. The molecule has 0 bridgehead atoms. The first kappa shape index (κ1) is 17.6. The second-order valence-electron chi connectivity index (χ2n) is 7.62. The largest absolute Gasteiger partial charge is 0.368 e. The van der Waals surface area contributed by atoms with Crippen molar-refractivity contribution in [2.45, 2.75) is 24.8 Å². The van der Waals surface area contributed by atoms with E-state index in [9.17, 15) is 4.79 Å². The number of aromatic nitrogens is 1. The van der Waals surface area contributed by atoms with E-state index in [4.69, 9.17) is 11.6 Å². The molecule has 5 nitrogen and oxygen atoms in total. The van der Waals surface area contributed by atoms with E-state index < -0.39 is 0 Å². The minimum absolute atomic E-state index is 0.0346. The van der Waals surface area contributed by atoms with Gasteiger partial charge in [0.2, 0.25) is 5.91 Å². The Morgan fingerprint density at radius 3 is 2.81 bits per heavy atom. The molecule has 2 fully saturated rings. The van der Waals surface area contributed by atoms with Crippen LogP contribution in [0, 0.1) is 0 Å². The normalized spacial score (nSPS) is 25.1. The molecule has 1 atom stereocenters. The molecule has 2 aliphatic heterocycles. The van der Waals surface area contributed by atoms with Crippen molar-refractivity contribution in [1.29, 1.82) is 0 Å². The number of carbonyl (C=O) groups excluding carboxylic acids is 1. The van der Waals surface area contributed by atoms with E-state index in [1.807, 2.05) is 36.3 Å². The van der Waals surface area contributed by atoms with Crippen LogP contribution >= 0.6 is 11.6 Å². The van der Waals surface area contributed by atoms with Gasteiger partial charge in [-0.1, -0.05) is 11.6 Å². The molecule has 26 heavy (non-hydrogen) atoms. The molecule has 0 saturated carbocycles. The molecule has 0 unspecified atom stereocenters. The molecule has 1 spiro atoms. The molecule has 6 heteroatoms. The molecule has 2 saturated heterocycles. The fourth-order valence-corrected chi connectivity index (χ4v) is 4.52. The summed E-state index contributed by atoms with van der Waals surface area (Å²) < 4.78 is 0. The molecule has 138 valence electrons. The predicted molar refractivity (Wildman–Crippen MR) is 106 cm³/mol. The van der Waals surface area contributed by atoms with Crippen molar-refractivity contribution in [2.75, 3.05) is 45.2 Å². The SMILES string of the molecule is CN1CC[C@@]2(CCC1=O)CN(c1ccnc3ccc(Cl)cc13)CCN2C. The van der Waals surface area contributed by atoms with Crippen LogP contribution in [0.4, 0.5) is 5.69 Å². The number of anilines is 1. The molecular weight excluding hydrogens is 348 g/mol. The monoisotopic (exact) mass is 372 g/mol. The number of hydrogen-bond acceptors (Lipinski definition) is 4. The Balaban J connectivity index is 1.69. The summed E-state index contributed by atoms with van der Waals surface area (Å²) in [5.41, 5.74) is 2.19. The quantitative estimate of drug-likeness (QED) is 0.771. The number of carbonyl (C=O) groups is 1. The zero-order valence-corrected chi connectivity index (χ0v) is 16.2. The van der Waals surface area contributed by atoms with Gasteiger partial charge in [-0.25, -0.2) is 0 Å². The van der Waals surface area contributed by atoms with Crippen molar-refractivity contribution >= 4 is 34.1 Å². The third kappa shape index (κ3) is 3.03. The van der Waals surface area contributed by atoms with Gasteiger partial charge in [0.25, 0.3) is 0 Å². The van der Waals surface area contributed by atoms with E-state index in [0.717, 1.165) is 54.9 Å². The van der Waals surface area contributed by atoms with Crippen LogP contribution in [0.15, 0.2) is 30.5 Å². The van der Waals surface area contributed by atoms with Crippen LogP contribution in [-0.2, 0) is 4.79 Å². The van der Waals surface area contributed by atoms with Gasteiger partial charge >= 0.3 is 0 Å². The van der Waals surface area contributed by atoms with Crippen molar-refractivity contribution < 1.29 is 4.79 Å². The first-order valence-corrected chi connectivity index (χ1v) is 9.61. The lowest BCUT2D eigenvalue weighted by Gasteiger charge is -2.50. The third-order valence-electron chi connectivity index (χ3n) is 6.16. The average Bonchev–Trinajstić information content (AvgIpc) is 2.78. The number of piperazine rings is 1. The zero-order chi connectivity index (χ0) is 18.3. The molecule has 1 aromatic carbocycles. The fourth-order valence-electron chi connectivity index (χ4n) is 4.34. The Hall–Kier alpha value is -1.85. The first-order valence-electron chi connectivity index (χ1n) is 9.23. The van der Waals surface area contributed by atoms with E-state index in [1.54, 1.807) is 0 Å². The van der Waals surface area contributed by atoms with Gasteiger partial charge in [-0.2, -0.15) is 0 Å². The molecule has 0 N–H and O–H groups in total. The van der Waals surface area contributed by atoms with Crippen LogP contribution in [0.2, 0.25) is 5.02 Å². The van der Waals surface area contributed by atoms with E-state index in [0.29, 0.717) is 6.42 Å². The standard InChI is InChI=1S/C20H25ClN4O/c1-23-10-8-20(7-5-19(23)26)14-25(12-11-24(20)2)18-6-9-22-17-4-3-15(21)13-16(17)18/h3-4,6,9,13H,5,7-8,10-12,14H2,1-2H3/t20-/m0/s1. The summed E-state index contributed by atoms with van der Waals surface area (Å²) in [5, 5.41) is 1.83. The Bertz CT molecular complexity index is 842. The van der Waals surface area contributed by atoms with E-state index in [2.05, 4.69) is 27.9 Å². The van der Waals surface area contributed by atoms with Crippen LogP contribution in [0.3, 0.4) is 0 Å². The topological polar surface area (TPSA) is 39.7 Å². The van der Waals surface area contributed by atoms with Gasteiger partial charge in [0, 0.05) is 67.5 Å². The number of nitrogens with zero attached hydrogens (tertiary/aromatic N) is 4. The van der Waals surface area contributed by atoms with Crippen molar-refractivity contribution in [3.63, 3.8) is 0 Å². The lowest BCUT2D eigenvalue weighted by atomic mass is 9.86. The van der Waals surface area contributed by atoms with E-state index in [1.165, 1.54) is 5.69 Å². The molecule has 3 heterocycles. The van der Waals surface area contributed by atoms with Crippen molar-refractivity contribution in [3.05, 3.63) is 35.5 Å². The summed E-state index contributed by atoms with van der Waals surface area (Å²) in [7, 11) is 4.12. The average molecular weight is 373 g/mol. The minimum atomic E-state index is 0.0346. The number of likely N-dealkylation sites (N-methyl/N-ethyl adjacent to an activating group) is 1. The molecular formula is C20H25ClN4O. The highest BCUT2D eigenvalue weighted by Crippen LogP contribution is 2.36. The molecule has 1 amide bonds. The number of pyridine rings is 1. The number of fused-ring (bicyclic) bond motifs is 1. The molecule has 0 radical (unpaired) electrons. The minimum Gasteiger partial charge on any atom is -0.368 e. The Labute approximate surface area is 159 Å². The van der Waals surface area contributed by atoms with Gasteiger partial charge in [0.05, 0.1) is 5.52 Å². The van der Waals surface area contributed by atoms with Crippen molar-refractivity contribution in [2.24, 2.45) is 0 Å². The van der Waals surface area contributed by atoms with Gasteiger partial charge in [-0.15, -0.1) is 0 Å². The summed E-state index contributed by atoms with van der Waals surface area (Å²) in [6.45, 7) is 3.70. The Morgan fingerprint density at radius 1 is 1.12 bits per heavy atom. The summed E-state index contributed by atoms with van der Waals surface area (Å²) in [4.78, 5) is 23.5. The lowest BCUT2D eigenvalue weighted by Crippen LogP contribution is -2.61. The third-order valence-corrected chi connectivity index (χ3v) is 6.40. The van der Waals surface area contributed by atoms with E-state index in [-0.39, 0.29) is 11.4 Å². The molecule has 0 aliphatic carbocycles. The first-order chi connectivity index (χ1) is 12.5. The fraction of sp³-hybridized carbons (Fsp3) is 0.500. The highest BCUT2D eigenvalue weighted by atomic mass is 35.5. The maximum atomic E-state index is 12.2. The molecule has 2 aliphatic rings. The zero-order valence-electron chi connectivity index (χ0n) is 15.4.